The van der Waals surface area contributed by atoms with Crippen LogP contribution in [-0.2, 0) is 17.6 Å². The SMILES string of the molecule is CC1CCN(CC(=O)Nc2nc3c(s2)CCCC3)CC1O. The Morgan fingerprint density at radius 2 is 2.29 bits per heavy atom. The number of aryl methyl sites for hydroxylation is 2. The van der Waals surface area contributed by atoms with Crippen molar-refractivity contribution in [2.45, 2.75) is 45.1 Å². The molecule has 0 radical (unpaired) electrons. The molecule has 0 bridgehead atoms. The molecule has 0 aromatic carbocycles. The summed E-state index contributed by atoms with van der Waals surface area (Å²) in [5.74, 6) is 0.304. The molecule has 116 valence electrons. The van der Waals surface area contributed by atoms with Crippen LogP contribution >= 0.6 is 11.3 Å². The van der Waals surface area contributed by atoms with Crippen molar-refractivity contribution in [1.29, 1.82) is 0 Å². The van der Waals surface area contributed by atoms with Gasteiger partial charge in [-0.05, 0) is 44.6 Å². The number of aromatic nitrogens is 1. The Kier molecular flexibility index (Phi) is 4.57. The van der Waals surface area contributed by atoms with Crippen LogP contribution in [-0.4, -0.2) is 46.6 Å². The molecule has 0 saturated carbocycles. The van der Waals surface area contributed by atoms with E-state index in [9.17, 15) is 9.90 Å². The summed E-state index contributed by atoms with van der Waals surface area (Å²) in [6.45, 7) is 3.86. The largest absolute Gasteiger partial charge is 0.392 e. The third-order valence-corrected chi connectivity index (χ3v) is 5.53. The molecule has 21 heavy (non-hydrogen) atoms. The molecule has 1 saturated heterocycles. The molecule has 2 N–H and O–H groups in total. The minimum atomic E-state index is -0.321. The Morgan fingerprint density at radius 1 is 1.48 bits per heavy atom. The summed E-state index contributed by atoms with van der Waals surface area (Å²) in [6, 6.07) is 0. The monoisotopic (exact) mass is 309 g/mol. The van der Waals surface area contributed by atoms with Crippen LogP contribution in [0.25, 0.3) is 0 Å². The highest BCUT2D eigenvalue weighted by atomic mass is 32.1. The highest BCUT2D eigenvalue weighted by Crippen LogP contribution is 2.29. The van der Waals surface area contributed by atoms with Crippen molar-refractivity contribution in [1.82, 2.24) is 9.88 Å². The molecule has 5 nitrogen and oxygen atoms in total. The van der Waals surface area contributed by atoms with E-state index in [1.54, 1.807) is 11.3 Å². The maximum atomic E-state index is 12.1. The quantitative estimate of drug-likeness (QED) is 0.891. The normalized spacial score (nSPS) is 26.4. The molecule has 2 unspecified atom stereocenters. The summed E-state index contributed by atoms with van der Waals surface area (Å²) in [5, 5.41) is 13.5. The van der Waals surface area contributed by atoms with Crippen LogP contribution in [0, 0.1) is 5.92 Å². The fourth-order valence-electron chi connectivity index (χ4n) is 3.03. The van der Waals surface area contributed by atoms with Gasteiger partial charge in [-0.2, -0.15) is 0 Å². The van der Waals surface area contributed by atoms with E-state index in [-0.39, 0.29) is 12.0 Å². The van der Waals surface area contributed by atoms with Gasteiger partial charge in [-0.3, -0.25) is 9.69 Å². The van der Waals surface area contributed by atoms with E-state index < -0.39 is 0 Å². The molecule has 1 aromatic rings. The number of carbonyl (C=O) groups excluding carboxylic acids is 1. The lowest BCUT2D eigenvalue weighted by Gasteiger charge is -2.33. The maximum Gasteiger partial charge on any atom is 0.240 e. The lowest BCUT2D eigenvalue weighted by atomic mass is 9.96. The summed E-state index contributed by atoms with van der Waals surface area (Å²) in [6.07, 6.45) is 5.19. The number of nitrogens with one attached hydrogen (secondary N) is 1. The number of amides is 1. The van der Waals surface area contributed by atoms with Crippen LogP contribution < -0.4 is 5.32 Å². The average Bonchev–Trinajstić information content (AvgIpc) is 2.84. The number of likely N-dealkylation sites (tertiary alicyclic amines) is 1. The van der Waals surface area contributed by atoms with Crippen LogP contribution in [0.3, 0.4) is 0 Å². The van der Waals surface area contributed by atoms with Crippen molar-refractivity contribution in [3.63, 3.8) is 0 Å². The maximum absolute atomic E-state index is 12.1. The Hall–Kier alpha value is -0.980. The molecular weight excluding hydrogens is 286 g/mol. The highest BCUT2D eigenvalue weighted by Gasteiger charge is 2.25. The smallest absolute Gasteiger partial charge is 0.240 e. The Bertz CT molecular complexity index is 494. The van der Waals surface area contributed by atoms with Crippen LogP contribution in [0.2, 0.25) is 0 Å². The number of rotatable bonds is 3. The first kappa shape index (κ1) is 14.9. The van der Waals surface area contributed by atoms with Crippen molar-refractivity contribution in [3.05, 3.63) is 10.6 Å². The molecule has 0 spiro atoms. The third kappa shape index (κ3) is 3.62. The molecule has 1 aliphatic carbocycles. The Morgan fingerprint density at radius 3 is 3.05 bits per heavy atom. The fraction of sp³-hybridized carbons (Fsp3) is 0.733. The second kappa shape index (κ2) is 6.42. The van der Waals surface area contributed by atoms with Crippen LogP contribution in [0.15, 0.2) is 0 Å². The minimum Gasteiger partial charge on any atom is -0.392 e. The van der Waals surface area contributed by atoms with Crippen molar-refractivity contribution in [2.75, 3.05) is 25.0 Å². The van der Waals surface area contributed by atoms with Gasteiger partial charge >= 0.3 is 0 Å². The number of aliphatic hydroxyl groups excluding tert-OH is 1. The number of hydrogen-bond donors (Lipinski definition) is 2. The van der Waals surface area contributed by atoms with E-state index in [0.717, 1.165) is 30.9 Å². The van der Waals surface area contributed by atoms with Gasteiger partial charge in [0.2, 0.25) is 5.91 Å². The molecule has 2 aliphatic rings. The first-order valence-electron chi connectivity index (χ1n) is 7.80. The number of anilines is 1. The molecule has 2 atom stereocenters. The number of β-amino-alcohol motifs (C(OH)–C–C–N with tert-alkyl or cyclic N) is 1. The third-order valence-electron chi connectivity index (χ3n) is 4.46. The number of nitrogens with zero attached hydrogens (tertiary/aromatic N) is 2. The lowest BCUT2D eigenvalue weighted by Crippen LogP contribution is -2.45. The molecule has 1 fully saturated rings. The summed E-state index contributed by atoms with van der Waals surface area (Å²) >= 11 is 1.62. The number of aliphatic hydroxyl groups is 1. The van der Waals surface area contributed by atoms with Crippen molar-refractivity contribution >= 4 is 22.4 Å². The standard InChI is InChI=1S/C15H23N3O2S/c1-10-6-7-18(8-12(10)19)9-14(20)17-15-16-11-4-2-3-5-13(11)21-15/h10,12,19H,2-9H2,1H3,(H,16,17,20). The van der Waals surface area contributed by atoms with Crippen molar-refractivity contribution < 1.29 is 9.90 Å². The molecule has 1 amide bonds. The van der Waals surface area contributed by atoms with Crippen molar-refractivity contribution in [2.24, 2.45) is 5.92 Å². The van der Waals surface area contributed by atoms with Gasteiger partial charge in [0.15, 0.2) is 5.13 Å². The van der Waals surface area contributed by atoms with Gasteiger partial charge in [0.25, 0.3) is 0 Å². The van der Waals surface area contributed by atoms with E-state index >= 15 is 0 Å². The number of carbonyl (C=O) groups is 1. The minimum absolute atomic E-state index is 0.0251. The molecule has 1 aliphatic heterocycles. The van der Waals surface area contributed by atoms with Gasteiger partial charge in [-0.15, -0.1) is 11.3 Å². The van der Waals surface area contributed by atoms with Gasteiger partial charge in [0.1, 0.15) is 0 Å². The van der Waals surface area contributed by atoms with E-state index in [2.05, 4.69) is 17.2 Å². The van der Waals surface area contributed by atoms with Gasteiger partial charge in [-0.25, -0.2) is 4.98 Å². The summed E-state index contributed by atoms with van der Waals surface area (Å²) in [4.78, 5) is 20.0. The first-order chi connectivity index (χ1) is 10.1. The molecule has 6 heteroatoms. The summed E-state index contributed by atoms with van der Waals surface area (Å²) < 4.78 is 0. The number of fused-ring (bicyclic) bond motifs is 1. The van der Waals surface area contributed by atoms with Gasteiger partial charge < -0.3 is 10.4 Å². The van der Waals surface area contributed by atoms with E-state index in [0.29, 0.717) is 19.0 Å². The van der Waals surface area contributed by atoms with Gasteiger partial charge in [0, 0.05) is 11.4 Å². The zero-order valence-corrected chi connectivity index (χ0v) is 13.3. The van der Waals surface area contributed by atoms with Crippen LogP contribution in [0.5, 0.6) is 0 Å². The number of piperidine rings is 1. The number of hydrogen-bond acceptors (Lipinski definition) is 5. The lowest BCUT2D eigenvalue weighted by molar-refractivity contribution is -0.118. The zero-order valence-electron chi connectivity index (χ0n) is 12.5. The predicted molar refractivity (Wildman–Crippen MR) is 83.6 cm³/mol. The highest BCUT2D eigenvalue weighted by molar-refractivity contribution is 7.15. The second-order valence-electron chi connectivity index (χ2n) is 6.21. The summed E-state index contributed by atoms with van der Waals surface area (Å²) in [5.41, 5.74) is 1.17. The fourth-order valence-corrected chi connectivity index (χ4v) is 4.09. The van der Waals surface area contributed by atoms with Crippen LogP contribution in [0.4, 0.5) is 5.13 Å². The van der Waals surface area contributed by atoms with E-state index in [1.165, 1.54) is 23.4 Å². The first-order valence-corrected chi connectivity index (χ1v) is 8.62. The Labute approximate surface area is 129 Å². The van der Waals surface area contributed by atoms with E-state index in [1.807, 2.05) is 4.90 Å². The predicted octanol–water partition coefficient (Wildman–Crippen LogP) is 1.66. The van der Waals surface area contributed by atoms with Crippen LogP contribution in [0.1, 0.15) is 36.8 Å². The molecule has 2 heterocycles. The molecule has 3 rings (SSSR count). The van der Waals surface area contributed by atoms with E-state index in [4.69, 9.17) is 0 Å². The number of thiazole rings is 1. The topological polar surface area (TPSA) is 65.5 Å². The van der Waals surface area contributed by atoms with Gasteiger partial charge in [0.05, 0.1) is 18.3 Å². The average molecular weight is 309 g/mol. The molecular formula is C15H23N3O2S. The zero-order chi connectivity index (χ0) is 14.8. The summed E-state index contributed by atoms with van der Waals surface area (Å²) in [7, 11) is 0. The van der Waals surface area contributed by atoms with Gasteiger partial charge in [-0.1, -0.05) is 6.92 Å². The molecule has 1 aromatic heterocycles. The second-order valence-corrected chi connectivity index (χ2v) is 7.30. The Balaban J connectivity index is 1.53. The van der Waals surface area contributed by atoms with Crippen molar-refractivity contribution in [3.8, 4) is 0 Å².